The van der Waals surface area contributed by atoms with E-state index >= 15 is 0 Å². The highest BCUT2D eigenvalue weighted by atomic mass is 16.3. The monoisotopic (exact) mass is 222 g/mol. The first-order valence-corrected chi connectivity index (χ1v) is 4.91. The minimum atomic E-state index is -0.547. The van der Waals surface area contributed by atoms with Crippen molar-refractivity contribution in [3.05, 3.63) is 29.8 Å². The molecule has 0 atom stereocenters. The molecule has 1 aromatic rings. The van der Waals surface area contributed by atoms with E-state index in [4.69, 9.17) is 10.8 Å². The summed E-state index contributed by atoms with van der Waals surface area (Å²) in [6.07, 6.45) is 0. The Morgan fingerprint density at radius 2 is 1.88 bits per heavy atom. The van der Waals surface area contributed by atoms with Crippen molar-refractivity contribution in [1.29, 1.82) is 0 Å². The van der Waals surface area contributed by atoms with Crippen molar-refractivity contribution in [3.63, 3.8) is 0 Å². The van der Waals surface area contributed by atoms with Gasteiger partial charge in [0.15, 0.2) is 0 Å². The van der Waals surface area contributed by atoms with Crippen molar-refractivity contribution >= 4 is 11.8 Å². The van der Waals surface area contributed by atoms with Crippen LogP contribution in [0, 0.1) is 0 Å². The SMILES string of the molecule is CCN(CC(N)=O)C(=O)c1ccc(O)cc1. The Balaban J connectivity index is 2.82. The molecule has 0 radical (unpaired) electrons. The first kappa shape index (κ1) is 12.0. The van der Waals surface area contributed by atoms with Gasteiger partial charge in [0.05, 0.1) is 6.54 Å². The molecule has 5 nitrogen and oxygen atoms in total. The number of rotatable bonds is 4. The Morgan fingerprint density at radius 3 is 2.31 bits per heavy atom. The van der Waals surface area contributed by atoms with Crippen molar-refractivity contribution in [1.82, 2.24) is 4.90 Å². The Morgan fingerprint density at radius 1 is 1.31 bits per heavy atom. The number of carbonyl (C=O) groups excluding carboxylic acids is 2. The summed E-state index contributed by atoms with van der Waals surface area (Å²) in [6, 6.07) is 5.85. The normalized spacial score (nSPS) is 9.81. The standard InChI is InChI=1S/C11H14N2O3/c1-2-13(7-10(12)15)11(16)8-3-5-9(14)6-4-8/h3-6,14H,2,7H2,1H3,(H2,12,15). The molecule has 5 heteroatoms. The van der Waals surface area contributed by atoms with Gasteiger partial charge in [-0.3, -0.25) is 9.59 Å². The molecular formula is C11H14N2O3. The summed E-state index contributed by atoms with van der Waals surface area (Å²) in [5.41, 5.74) is 5.45. The molecule has 1 rings (SSSR count). The molecule has 0 unspecified atom stereocenters. The first-order valence-electron chi connectivity index (χ1n) is 4.91. The van der Waals surface area contributed by atoms with Gasteiger partial charge in [0.1, 0.15) is 5.75 Å². The number of carbonyl (C=O) groups is 2. The van der Waals surface area contributed by atoms with Crippen LogP contribution < -0.4 is 5.73 Å². The molecule has 86 valence electrons. The van der Waals surface area contributed by atoms with Crippen LogP contribution >= 0.6 is 0 Å². The molecule has 2 amide bonds. The maximum atomic E-state index is 11.9. The molecule has 0 saturated carbocycles. The molecule has 3 N–H and O–H groups in total. The van der Waals surface area contributed by atoms with E-state index in [2.05, 4.69) is 0 Å². The van der Waals surface area contributed by atoms with Crippen molar-refractivity contribution in [2.45, 2.75) is 6.92 Å². The van der Waals surface area contributed by atoms with Crippen LogP contribution in [-0.4, -0.2) is 34.9 Å². The first-order chi connectivity index (χ1) is 7.54. The number of likely N-dealkylation sites (N-methyl/N-ethyl adjacent to an activating group) is 1. The van der Waals surface area contributed by atoms with Crippen molar-refractivity contribution < 1.29 is 14.7 Å². The van der Waals surface area contributed by atoms with Crippen LogP contribution in [0.1, 0.15) is 17.3 Å². The third-order valence-electron chi connectivity index (χ3n) is 2.13. The second kappa shape index (κ2) is 5.16. The Hall–Kier alpha value is -2.04. The molecule has 0 aliphatic rings. The molecule has 0 spiro atoms. The fourth-order valence-corrected chi connectivity index (χ4v) is 1.30. The number of hydrogen-bond donors (Lipinski definition) is 2. The van der Waals surface area contributed by atoms with Crippen molar-refractivity contribution in [2.75, 3.05) is 13.1 Å². The molecule has 0 fully saturated rings. The van der Waals surface area contributed by atoms with Gasteiger partial charge in [-0.1, -0.05) is 0 Å². The number of primary amides is 1. The van der Waals surface area contributed by atoms with Crippen LogP contribution in [-0.2, 0) is 4.79 Å². The number of nitrogens with zero attached hydrogens (tertiary/aromatic N) is 1. The second-order valence-electron chi connectivity index (χ2n) is 3.33. The van der Waals surface area contributed by atoms with Gasteiger partial charge >= 0.3 is 0 Å². The van der Waals surface area contributed by atoms with Crippen LogP contribution in [0.4, 0.5) is 0 Å². The van der Waals surface area contributed by atoms with Gasteiger partial charge in [-0.25, -0.2) is 0 Å². The number of phenols is 1. The van der Waals surface area contributed by atoms with Gasteiger partial charge in [-0.15, -0.1) is 0 Å². The maximum Gasteiger partial charge on any atom is 0.254 e. The Labute approximate surface area is 93.5 Å². The maximum absolute atomic E-state index is 11.9. The van der Waals surface area contributed by atoms with Crippen molar-refractivity contribution in [3.8, 4) is 5.75 Å². The summed E-state index contributed by atoms with van der Waals surface area (Å²) >= 11 is 0. The average Bonchev–Trinajstić information content (AvgIpc) is 2.25. The van der Waals surface area contributed by atoms with Crippen LogP contribution in [0.3, 0.4) is 0 Å². The molecule has 0 aromatic heterocycles. The molecule has 1 aromatic carbocycles. The summed E-state index contributed by atoms with van der Waals surface area (Å²) in [7, 11) is 0. The summed E-state index contributed by atoms with van der Waals surface area (Å²) < 4.78 is 0. The van der Waals surface area contributed by atoms with Gasteiger partial charge < -0.3 is 15.7 Å². The zero-order valence-corrected chi connectivity index (χ0v) is 9.01. The second-order valence-corrected chi connectivity index (χ2v) is 3.33. The summed E-state index contributed by atoms with van der Waals surface area (Å²) in [5, 5.41) is 9.08. The quantitative estimate of drug-likeness (QED) is 0.770. The molecular weight excluding hydrogens is 208 g/mol. The minimum absolute atomic E-state index is 0.0921. The lowest BCUT2D eigenvalue weighted by Gasteiger charge is -2.18. The van der Waals surface area contributed by atoms with Crippen LogP contribution in [0.15, 0.2) is 24.3 Å². The molecule has 0 bridgehead atoms. The van der Waals surface area contributed by atoms with Gasteiger partial charge in [-0.05, 0) is 31.2 Å². The third kappa shape index (κ3) is 2.98. The van der Waals surface area contributed by atoms with Gasteiger partial charge in [-0.2, -0.15) is 0 Å². The highest BCUT2D eigenvalue weighted by molar-refractivity contribution is 5.96. The number of hydrogen-bond acceptors (Lipinski definition) is 3. The zero-order valence-electron chi connectivity index (χ0n) is 9.01. The zero-order chi connectivity index (χ0) is 12.1. The Bertz CT molecular complexity index is 387. The topological polar surface area (TPSA) is 83.6 Å². The summed E-state index contributed by atoms with van der Waals surface area (Å²) in [6.45, 7) is 2.07. The number of phenolic OH excluding ortho intramolecular Hbond substituents is 1. The molecule has 0 heterocycles. The number of aromatic hydroxyl groups is 1. The van der Waals surface area contributed by atoms with E-state index in [1.807, 2.05) is 0 Å². The highest BCUT2D eigenvalue weighted by Gasteiger charge is 2.15. The third-order valence-corrected chi connectivity index (χ3v) is 2.13. The molecule has 16 heavy (non-hydrogen) atoms. The highest BCUT2D eigenvalue weighted by Crippen LogP contribution is 2.11. The summed E-state index contributed by atoms with van der Waals surface area (Å²) in [5.74, 6) is -0.732. The number of benzene rings is 1. The van der Waals surface area contributed by atoms with E-state index in [9.17, 15) is 9.59 Å². The number of amides is 2. The predicted octanol–water partition coefficient (Wildman–Crippen LogP) is 0.340. The largest absolute Gasteiger partial charge is 0.508 e. The molecule has 0 aliphatic carbocycles. The van der Waals surface area contributed by atoms with E-state index in [0.717, 1.165) is 0 Å². The van der Waals surface area contributed by atoms with Crippen LogP contribution in [0.2, 0.25) is 0 Å². The molecule has 0 aliphatic heterocycles. The number of nitrogens with two attached hydrogens (primary N) is 1. The van der Waals surface area contributed by atoms with E-state index in [1.165, 1.54) is 29.2 Å². The van der Waals surface area contributed by atoms with Crippen molar-refractivity contribution in [2.24, 2.45) is 5.73 Å². The van der Waals surface area contributed by atoms with E-state index < -0.39 is 5.91 Å². The van der Waals surface area contributed by atoms with Gasteiger partial charge in [0, 0.05) is 12.1 Å². The van der Waals surface area contributed by atoms with E-state index in [1.54, 1.807) is 6.92 Å². The predicted molar refractivity (Wildman–Crippen MR) is 58.9 cm³/mol. The minimum Gasteiger partial charge on any atom is -0.508 e. The fourth-order valence-electron chi connectivity index (χ4n) is 1.30. The lowest BCUT2D eigenvalue weighted by molar-refractivity contribution is -0.118. The van der Waals surface area contributed by atoms with Crippen LogP contribution in [0.25, 0.3) is 0 Å². The van der Waals surface area contributed by atoms with E-state index in [0.29, 0.717) is 12.1 Å². The smallest absolute Gasteiger partial charge is 0.254 e. The molecule has 0 saturated heterocycles. The van der Waals surface area contributed by atoms with Gasteiger partial charge in [0.2, 0.25) is 5.91 Å². The average molecular weight is 222 g/mol. The fraction of sp³-hybridized carbons (Fsp3) is 0.273. The lowest BCUT2D eigenvalue weighted by atomic mass is 10.2. The van der Waals surface area contributed by atoms with Crippen LogP contribution in [0.5, 0.6) is 5.75 Å². The summed E-state index contributed by atoms with van der Waals surface area (Å²) in [4.78, 5) is 23.9. The van der Waals surface area contributed by atoms with Gasteiger partial charge in [0.25, 0.3) is 5.91 Å². The Kier molecular flexibility index (Phi) is 3.88. The van der Waals surface area contributed by atoms with E-state index in [-0.39, 0.29) is 18.2 Å². The lowest BCUT2D eigenvalue weighted by Crippen LogP contribution is -2.38.